The standard InChI is InChI=1S/C27H30FN3O2/c1-4-31(5-2)21-14-12-18(13-15-21)25-24(27(33)30-20-9-6-8-19(28)16-20)17(3)29-22-10-7-11-23(32)26(22)25/h6,8-9,12-16,25,29H,4-5,7,10-11H2,1-3H3,(H,30,33)/t25-/m0/s1. The van der Waals surface area contributed by atoms with E-state index >= 15 is 0 Å². The van der Waals surface area contributed by atoms with E-state index in [9.17, 15) is 14.0 Å². The van der Waals surface area contributed by atoms with E-state index in [1.54, 1.807) is 12.1 Å². The van der Waals surface area contributed by atoms with E-state index in [0.29, 0.717) is 23.3 Å². The Labute approximate surface area is 194 Å². The summed E-state index contributed by atoms with van der Waals surface area (Å²) in [6.45, 7) is 7.89. The van der Waals surface area contributed by atoms with Crippen LogP contribution in [0, 0.1) is 5.82 Å². The number of allylic oxidation sites excluding steroid dienone is 3. The number of halogens is 1. The van der Waals surface area contributed by atoms with Gasteiger partial charge in [0.15, 0.2) is 5.78 Å². The molecule has 1 aliphatic heterocycles. The molecule has 0 unspecified atom stereocenters. The van der Waals surface area contributed by atoms with Gasteiger partial charge >= 0.3 is 0 Å². The summed E-state index contributed by atoms with van der Waals surface area (Å²) in [7, 11) is 0. The van der Waals surface area contributed by atoms with E-state index in [1.807, 2.05) is 19.1 Å². The van der Waals surface area contributed by atoms with Crippen molar-refractivity contribution in [2.45, 2.75) is 46.0 Å². The van der Waals surface area contributed by atoms with Crippen LogP contribution in [0.4, 0.5) is 15.8 Å². The van der Waals surface area contributed by atoms with Crippen molar-refractivity contribution in [1.29, 1.82) is 0 Å². The molecule has 6 heteroatoms. The van der Waals surface area contributed by atoms with Crippen LogP contribution in [0.15, 0.2) is 71.1 Å². The number of hydrogen-bond acceptors (Lipinski definition) is 4. The van der Waals surface area contributed by atoms with Gasteiger partial charge in [0.2, 0.25) is 0 Å². The van der Waals surface area contributed by atoms with Crippen molar-refractivity contribution in [2.24, 2.45) is 0 Å². The third-order valence-corrected chi connectivity index (χ3v) is 6.46. The number of dihydropyridines is 1. The fourth-order valence-electron chi connectivity index (χ4n) is 4.85. The quantitative estimate of drug-likeness (QED) is 0.633. The van der Waals surface area contributed by atoms with Crippen LogP contribution in [0.3, 0.4) is 0 Å². The maximum Gasteiger partial charge on any atom is 0.254 e. The number of anilines is 2. The Bertz CT molecular complexity index is 1130. The summed E-state index contributed by atoms with van der Waals surface area (Å²) in [4.78, 5) is 28.7. The molecule has 0 fully saturated rings. The number of amides is 1. The highest BCUT2D eigenvalue weighted by Gasteiger charge is 2.38. The Balaban J connectivity index is 1.75. The molecule has 1 aliphatic carbocycles. The minimum atomic E-state index is -0.464. The van der Waals surface area contributed by atoms with Crippen molar-refractivity contribution in [1.82, 2.24) is 5.32 Å². The van der Waals surface area contributed by atoms with Crippen LogP contribution in [0.2, 0.25) is 0 Å². The Hall–Kier alpha value is -3.41. The maximum atomic E-state index is 13.7. The lowest BCUT2D eigenvalue weighted by Crippen LogP contribution is -2.35. The first-order valence-corrected chi connectivity index (χ1v) is 11.6. The molecule has 1 amide bonds. The molecule has 0 bridgehead atoms. The monoisotopic (exact) mass is 447 g/mol. The SMILES string of the molecule is CCN(CC)c1ccc([C@H]2C(C(=O)Nc3cccc(F)c3)=C(C)NC3=C2C(=O)CCC3)cc1. The first kappa shape index (κ1) is 22.8. The number of carbonyl (C=O) groups is 2. The Morgan fingerprint density at radius 3 is 2.52 bits per heavy atom. The average Bonchev–Trinajstić information content (AvgIpc) is 2.79. The van der Waals surface area contributed by atoms with Gasteiger partial charge in [-0.15, -0.1) is 0 Å². The Morgan fingerprint density at radius 1 is 1.12 bits per heavy atom. The van der Waals surface area contributed by atoms with Crippen molar-refractivity contribution >= 4 is 23.1 Å². The van der Waals surface area contributed by atoms with Gasteiger partial charge in [-0.2, -0.15) is 0 Å². The number of rotatable bonds is 6. The van der Waals surface area contributed by atoms with E-state index in [0.717, 1.165) is 48.6 Å². The van der Waals surface area contributed by atoms with Crippen molar-refractivity contribution in [3.63, 3.8) is 0 Å². The molecule has 0 saturated carbocycles. The second kappa shape index (κ2) is 9.61. The highest BCUT2D eigenvalue weighted by atomic mass is 19.1. The summed E-state index contributed by atoms with van der Waals surface area (Å²) in [5, 5.41) is 6.14. The number of Topliss-reactive ketones (excluding diaryl/α,β-unsaturated/α-hetero) is 1. The fourth-order valence-corrected chi connectivity index (χ4v) is 4.85. The minimum Gasteiger partial charge on any atom is -0.372 e. The second-order valence-corrected chi connectivity index (χ2v) is 8.49. The average molecular weight is 448 g/mol. The predicted octanol–water partition coefficient (Wildman–Crippen LogP) is 5.28. The van der Waals surface area contributed by atoms with Crippen LogP contribution in [-0.2, 0) is 9.59 Å². The highest BCUT2D eigenvalue weighted by Crippen LogP contribution is 2.42. The molecule has 0 saturated heterocycles. The molecule has 2 N–H and O–H groups in total. The van der Waals surface area contributed by atoms with Crippen molar-refractivity contribution in [3.8, 4) is 0 Å². The lowest BCUT2D eigenvalue weighted by Gasteiger charge is -2.34. The van der Waals surface area contributed by atoms with E-state index in [2.05, 4.69) is 41.5 Å². The van der Waals surface area contributed by atoms with Crippen LogP contribution in [0.25, 0.3) is 0 Å². The topological polar surface area (TPSA) is 61.4 Å². The van der Waals surface area contributed by atoms with Gasteiger partial charge in [-0.3, -0.25) is 9.59 Å². The van der Waals surface area contributed by atoms with Gasteiger partial charge in [0.1, 0.15) is 5.82 Å². The zero-order valence-electron chi connectivity index (χ0n) is 19.4. The second-order valence-electron chi connectivity index (χ2n) is 8.49. The van der Waals surface area contributed by atoms with Crippen LogP contribution in [0.1, 0.15) is 51.5 Å². The molecule has 0 spiro atoms. The summed E-state index contributed by atoms with van der Waals surface area (Å²) in [6, 6.07) is 14.0. The summed E-state index contributed by atoms with van der Waals surface area (Å²) >= 11 is 0. The van der Waals surface area contributed by atoms with Crippen LogP contribution < -0.4 is 15.5 Å². The maximum absolute atomic E-state index is 13.7. The van der Waals surface area contributed by atoms with Gasteiger partial charge in [0.25, 0.3) is 5.91 Å². The van der Waals surface area contributed by atoms with Gasteiger partial charge in [0.05, 0.1) is 0 Å². The molecule has 1 atom stereocenters. The molecule has 172 valence electrons. The number of carbonyl (C=O) groups excluding carboxylic acids is 2. The van der Waals surface area contributed by atoms with Gasteiger partial charge in [-0.25, -0.2) is 4.39 Å². The van der Waals surface area contributed by atoms with Gasteiger partial charge in [-0.1, -0.05) is 18.2 Å². The van der Waals surface area contributed by atoms with Crippen LogP contribution in [-0.4, -0.2) is 24.8 Å². The van der Waals surface area contributed by atoms with Gasteiger partial charge in [-0.05, 0) is 69.5 Å². The van der Waals surface area contributed by atoms with Crippen molar-refractivity contribution in [3.05, 3.63) is 82.5 Å². The third kappa shape index (κ3) is 4.56. The van der Waals surface area contributed by atoms with E-state index in [1.165, 1.54) is 12.1 Å². The molecule has 2 aromatic rings. The summed E-state index contributed by atoms with van der Waals surface area (Å²) in [5.74, 6) is -1.15. The van der Waals surface area contributed by atoms with Crippen LogP contribution in [0.5, 0.6) is 0 Å². The first-order chi connectivity index (χ1) is 15.9. The molecular formula is C27H30FN3O2. The zero-order valence-corrected chi connectivity index (χ0v) is 19.4. The molecule has 1 heterocycles. The number of nitrogens with one attached hydrogen (secondary N) is 2. The molecule has 0 aromatic heterocycles. The molecule has 5 nitrogen and oxygen atoms in total. The van der Waals surface area contributed by atoms with Crippen molar-refractivity contribution in [2.75, 3.05) is 23.3 Å². The number of ketones is 1. The lowest BCUT2D eigenvalue weighted by atomic mass is 9.75. The summed E-state index contributed by atoms with van der Waals surface area (Å²) < 4.78 is 13.7. The predicted molar refractivity (Wildman–Crippen MR) is 129 cm³/mol. The Morgan fingerprint density at radius 2 is 1.85 bits per heavy atom. The largest absolute Gasteiger partial charge is 0.372 e. The van der Waals surface area contributed by atoms with E-state index in [4.69, 9.17) is 0 Å². The number of hydrogen-bond donors (Lipinski definition) is 2. The van der Waals surface area contributed by atoms with Gasteiger partial charge in [0, 0.05) is 59.3 Å². The normalized spacial score (nSPS) is 18.1. The first-order valence-electron chi connectivity index (χ1n) is 11.6. The molecule has 33 heavy (non-hydrogen) atoms. The zero-order chi connectivity index (χ0) is 23.5. The van der Waals surface area contributed by atoms with E-state index in [-0.39, 0.29) is 11.7 Å². The highest BCUT2D eigenvalue weighted by molar-refractivity contribution is 6.09. The molecule has 2 aromatic carbocycles. The summed E-state index contributed by atoms with van der Waals surface area (Å²) in [6.07, 6.45) is 2.06. The van der Waals surface area contributed by atoms with E-state index < -0.39 is 11.7 Å². The van der Waals surface area contributed by atoms with Gasteiger partial charge < -0.3 is 15.5 Å². The number of nitrogens with zero attached hydrogens (tertiary/aromatic N) is 1. The lowest BCUT2D eigenvalue weighted by molar-refractivity contribution is -0.116. The molecule has 0 radical (unpaired) electrons. The molecular weight excluding hydrogens is 417 g/mol. The third-order valence-electron chi connectivity index (χ3n) is 6.46. The minimum absolute atomic E-state index is 0.0742. The molecule has 4 rings (SSSR count). The Kier molecular flexibility index (Phi) is 6.63. The smallest absolute Gasteiger partial charge is 0.254 e. The van der Waals surface area contributed by atoms with Crippen LogP contribution >= 0.6 is 0 Å². The summed E-state index contributed by atoms with van der Waals surface area (Å²) in [5.41, 5.74) is 5.17. The molecule has 2 aliphatic rings. The van der Waals surface area contributed by atoms with Crippen molar-refractivity contribution < 1.29 is 14.0 Å². The number of benzene rings is 2. The fraction of sp³-hybridized carbons (Fsp3) is 0.333.